The van der Waals surface area contributed by atoms with Crippen LogP contribution in [0, 0.1) is 0 Å². The number of aryl methyl sites for hydroxylation is 3. The summed E-state index contributed by atoms with van der Waals surface area (Å²) in [5.74, 6) is 1.08. The average molecular weight is 327 g/mol. The number of nitrogens with zero attached hydrogens (tertiary/aromatic N) is 5. The third-order valence-corrected chi connectivity index (χ3v) is 4.79. The Balaban J connectivity index is 1.52. The highest BCUT2D eigenvalue weighted by atomic mass is 15.1. The quantitative estimate of drug-likeness (QED) is 0.509. The number of rotatable bonds is 3. The molecule has 0 N–H and O–H groups in total. The van der Waals surface area contributed by atoms with Gasteiger partial charge in [-0.3, -0.25) is 4.98 Å². The van der Waals surface area contributed by atoms with E-state index in [1.54, 1.807) is 12.4 Å². The minimum absolute atomic E-state index is 0.858. The van der Waals surface area contributed by atoms with Crippen molar-refractivity contribution in [1.29, 1.82) is 0 Å². The zero-order chi connectivity index (χ0) is 16.8. The Morgan fingerprint density at radius 3 is 2.84 bits per heavy atom. The van der Waals surface area contributed by atoms with E-state index in [1.165, 1.54) is 16.3 Å². The third-order valence-electron chi connectivity index (χ3n) is 4.79. The summed E-state index contributed by atoms with van der Waals surface area (Å²) in [6, 6.07) is 12.7. The summed E-state index contributed by atoms with van der Waals surface area (Å²) in [5.41, 5.74) is 4.20. The lowest BCUT2D eigenvalue weighted by Gasteiger charge is -2.01. The van der Waals surface area contributed by atoms with Crippen LogP contribution in [-0.2, 0) is 19.9 Å². The van der Waals surface area contributed by atoms with Gasteiger partial charge in [0.25, 0.3) is 0 Å². The first-order chi connectivity index (χ1) is 12.3. The normalized spacial score (nSPS) is 11.7. The van der Waals surface area contributed by atoms with E-state index in [2.05, 4.69) is 64.2 Å². The molecule has 0 saturated heterocycles. The van der Waals surface area contributed by atoms with Crippen LogP contribution in [-0.4, -0.2) is 23.9 Å². The molecule has 0 aliphatic rings. The van der Waals surface area contributed by atoms with Gasteiger partial charge in [0, 0.05) is 37.4 Å². The van der Waals surface area contributed by atoms with Crippen LogP contribution in [0.1, 0.15) is 11.5 Å². The van der Waals surface area contributed by atoms with Crippen LogP contribution in [0.2, 0.25) is 0 Å². The van der Waals surface area contributed by atoms with Gasteiger partial charge in [-0.05, 0) is 17.9 Å². The molecule has 5 aromatic rings. The van der Waals surface area contributed by atoms with Gasteiger partial charge in [0.15, 0.2) is 5.65 Å². The molecule has 0 spiro atoms. The lowest BCUT2D eigenvalue weighted by molar-refractivity contribution is 0.779. The molecule has 3 heterocycles. The second kappa shape index (κ2) is 5.41. The van der Waals surface area contributed by atoms with E-state index in [1.807, 2.05) is 10.6 Å². The van der Waals surface area contributed by atoms with Crippen molar-refractivity contribution in [3.05, 3.63) is 72.7 Å². The van der Waals surface area contributed by atoms with Crippen molar-refractivity contribution in [3.63, 3.8) is 0 Å². The van der Waals surface area contributed by atoms with Gasteiger partial charge in [0.1, 0.15) is 5.82 Å². The molecule has 0 fully saturated rings. The van der Waals surface area contributed by atoms with Crippen molar-refractivity contribution in [2.75, 3.05) is 0 Å². The summed E-state index contributed by atoms with van der Waals surface area (Å²) in [5, 5.41) is 2.44. The molecule has 0 unspecified atom stereocenters. The molecule has 25 heavy (non-hydrogen) atoms. The lowest BCUT2D eigenvalue weighted by atomic mass is 10.1. The van der Waals surface area contributed by atoms with Gasteiger partial charge in [0.2, 0.25) is 0 Å². The van der Waals surface area contributed by atoms with Crippen LogP contribution in [0.4, 0.5) is 0 Å². The second-order valence-corrected chi connectivity index (χ2v) is 6.32. The van der Waals surface area contributed by atoms with E-state index in [0.717, 1.165) is 35.5 Å². The van der Waals surface area contributed by atoms with Crippen LogP contribution < -0.4 is 0 Å². The van der Waals surface area contributed by atoms with Gasteiger partial charge in [-0.25, -0.2) is 9.97 Å². The highest BCUT2D eigenvalue weighted by Gasteiger charge is 2.11. The summed E-state index contributed by atoms with van der Waals surface area (Å²) >= 11 is 0. The molecule has 5 heteroatoms. The maximum Gasteiger partial charge on any atom is 0.155 e. The molecule has 0 bridgehead atoms. The molecule has 0 radical (unpaired) electrons. The van der Waals surface area contributed by atoms with E-state index >= 15 is 0 Å². The third kappa shape index (κ3) is 2.28. The number of imidazole rings is 2. The topological polar surface area (TPSA) is 48.0 Å². The van der Waals surface area contributed by atoms with Gasteiger partial charge in [-0.1, -0.05) is 30.3 Å². The first-order valence-corrected chi connectivity index (χ1v) is 8.40. The fraction of sp³-hybridized carbons (Fsp3) is 0.150. The minimum Gasteiger partial charge on any atom is -0.331 e. The van der Waals surface area contributed by atoms with E-state index in [4.69, 9.17) is 4.98 Å². The standard InChI is InChI=1S/C20H17N5/c1-24-17-8-6-14-4-2-3-5-16(14)20(17)23-18(24)9-7-15-13-25-11-10-21-12-19(25)22-15/h2-6,8,10-13H,7,9H2,1H3. The van der Waals surface area contributed by atoms with Gasteiger partial charge in [0.05, 0.1) is 22.9 Å². The predicted octanol–water partition coefficient (Wildman–Crippen LogP) is 3.55. The molecule has 122 valence electrons. The molecule has 0 aliphatic carbocycles. The summed E-state index contributed by atoms with van der Waals surface area (Å²) in [4.78, 5) is 13.7. The van der Waals surface area contributed by atoms with Crippen molar-refractivity contribution >= 4 is 27.5 Å². The van der Waals surface area contributed by atoms with E-state index < -0.39 is 0 Å². The maximum atomic E-state index is 4.93. The van der Waals surface area contributed by atoms with Gasteiger partial charge >= 0.3 is 0 Å². The Hall–Kier alpha value is -3.21. The van der Waals surface area contributed by atoms with Crippen molar-refractivity contribution < 1.29 is 0 Å². The molecule has 0 saturated carbocycles. The number of aromatic nitrogens is 5. The average Bonchev–Trinajstić information content (AvgIpc) is 3.21. The van der Waals surface area contributed by atoms with E-state index in [-0.39, 0.29) is 0 Å². The van der Waals surface area contributed by atoms with Gasteiger partial charge < -0.3 is 8.97 Å². The van der Waals surface area contributed by atoms with Crippen molar-refractivity contribution in [3.8, 4) is 0 Å². The molecule has 0 atom stereocenters. The molecule has 0 aliphatic heterocycles. The fourth-order valence-corrected chi connectivity index (χ4v) is 3.45. The van der Waals surface area contributed by atoms with Gasteiger partial charge in [-0.2, -0.15) is 0 Å². The summed E-state index contributed by atoms with van der Waals surface area (Å²) in [6.45, 7) is 0. The second-order valence-electron chi connectivity index (χ2n) is 6.32. The Morgan fingerprint density at radius 1 is 1.00 bits per heavy atom. The van der Waals surface area contributed by atoms with Crippen LogP contribution in [0.15, 0.2) is 61.2 Å². The number of benzene rings is 2. The molecule has 5 nitrogen and oxygen atoms in total. The summed E-state index contributed by atoms with van der Waals surface area (Å²) < 4.78 is 4.20. The van der Waals surface area contributed by atoms with Crippen LogP contribution >= 0.6 is 0 Å². The highest BCUT2D eigenvalue weighted by molar-refractivity contribution is 6.04. The van der Waals surface area contributed by atoms with E-state index in [0.29, 0.717) is 0 Å². The maximum absolute atomic E-state index is 4.93. The Kier molecular flexibility index (Phi) is 3.06. The Bertz CT molecular complexity index is 1180. The largest absolute Gasteiger partial charge is 0.331 e. The molecule has 3 aromatic heterocycles. The zero-order valence-corrected chi connectivity index (χ0v) is 13.9. The van der Waals surface area contributed by atoms with Crippen LogP contribution in [0.25, 0.3) is 27.5 Å². The Labute approximate surface area is 144 Å². The minimum atomic E-state index is 0.858. The van der Waals surface area contributed by atoms with Crippen molar-refractivity contribution in [1.82, 2.24) is 23.9 Å². The smallest absolute Gasteiger partial charge is 0.155 e. The van der Waals surface area contributed by atoms with Crippen LogP contribution in [0.3, 0.4) is 0 Å². The van der Waals surface area contributed by atoms with Crippen LogP contribution in [0.5, 0.6) is 0 Å². The highest BCUT2D eigenvalue weighted by Crippen LogP contribution is 2.25. The number of fused-ring (bicyclic) bond motifs is 4. The predicted molar refractivity (Wildman–Crippen MR) is 98.6 cm³/mol. The lowest BCUT2D eigenvalue weighted by Crippen LogP contribution is -2.00. The van der Waals surface area contributed by atoms with Crippen molar-refractivity contribution in [2.24, 2.45) is 7.05 Å². The first-order valence-electron chi connectivity index (χ1n) is 8.40. The number of hydrogen-bond donors (Lipinski definition) is 0. The first kappa shape index (κ1) is 14.2. The molecular weight excluding hydrogens is 310 g/mol. The Morgan fingerprint density at radius 2 is 1.92 bits per heavy atom. The molecule has 5 rings (SSSR count). The van der Waals surface area contributed by atoms with Gasteiger partial charge in [-0.15, -0.1) is 0 Å². The summed E-state index contributed by atoms with van der Waals surface area (Å²) in [7, 11) is 2.09. The fourth-order valence-electron chi connectivity index (χ4n) is 3.45. The molecule has 2 aromatic carbocycles. The number of hydrogen-bond acceptors (Lipinski definition) is 3. The summed E-state index contributed by atoms with van der Waals surface area (Å²) in [6.07, 6.45) is 9.26. The molecule has 0 amide bonds. The van der Waals surface area contributed by atoms with Crippen molar-refractivity contribution in [2.45, 2.75) is 12.8 Å². The molecular formula is C20H17N5. The zero-order valence-electron chi connectivity index (χ0n) is 13.9. The SMILES string of the molecule is Cn1c(CCc2cn3ccncc3n2)nc2c3ccccc3ccc21. The monoisotopic (exact) mass is 327 g/mol. The van der Waals surface area contributed by atoms with E-state index in [9.17, 15) is 0 Å².